The molecule has 1 aliphatic rings. The molecule has 118 valence electrons. The van der Waals surface area contributed by atoms with Crippen LogP contribution < -0.4 is 10.6 Å². The summed E-state index contributed by atoms with van der Waals surface area (Å²) in [5.74, 6) is 0. The molecule has 0 spiro atoms. The summed E-state index contributed by atoms with van der Waals surface area (Å²) in [4.78, 5) is 13.4. The Morgan fingerprint density at radius 3 is 2.52 bits per heavy atom. The van der Waals surface area contributed by atoms with Crippen LogP contribution in [0.1, 0.15) is 41.7 Å². The highest BCUT2D eigenvalue weighted by molar-refractivity contribution is 7.16. The number of rotatable bonds is 2. The highest BCUT2D eigenvalue weighted by atomic mass is 32.1. The topological polar surface area (TPSA) is 64.9 Å². The highest BCUT2D eigenvalue weighted by Crippen LogP contribution is 2.36. The van der Waals surface area contributed by atoms with Crippen molar-refractivity contribution in [1.82, 2.24) is 0 Å². The largest absolute Gasteiger partial charge is 0.324 e. The van der Waals surface area contributed by atoms with Gasteiger partial charge in [0.25, 0.3) is 0 Å². The average molecular weight is 325 g/mol. The molecule has 1 aromatic carbocycles. The summed E-state index contributed by atoms with van der Waals surface area (Å²) >= 11 is 1.55. The Morgan fingerprint density at radius 2 is 1.78 bits per heavy atom. The molecule has 0 unspecified atom stereocenters. The second-order valence-corrected chi connectivity index (χ2v) is 6.78. The molecule has 0 fully saturated rings. The van der Waals surface area contributed by atoms with Crippen LogP contribution in [0.4, 0.5) is 15.5 Å². The quantitative estimate of drug-likeness (QED) is 0.823. The number of urea groups is 1. The van der Waals surface area contributed by atoms with Gasteiger partial charge in [-0.25, -0.2) is 4.79 Å². The van der Waals surface area contributed by atoms with Gasteiger partial charge in [0.15, 0.2) is 0 Å². The zero-order chi connectivity index (χ0) is 16.1. The molecule has 23 heavy (non-hydrogen) atoms. The Bertz CT molecular complexity index is 731. The lowest BCUT2D eigenvalue weighted by atomic mass is 9.97. The van der Waals surface area contributed by atoms with Crippen LogP contribution in [0, 0.1) is 11.3 Å². The third-order valence-electron chi connectivity index (χ3n) is 4.04. The molecule has 0 radical (unpaired) electrons. The number of nitriles is 1. The molecule has 2 aromatic rings. The molecule has 4 nitrogen and oxygen atoms in total. The van der Waals surface area contributed by atoms with E-state index in [0.717, 1.165) is 36.9 Å². The van der Waals surface area contributed by atoms with E-state index in [1.54, 1.807) is 11.3 Å². The summed E-state index contributed by atoms with van der Waals surface area (Å²) < 4.78 is 0. The SMILES string of the molecule is N#Cc1c(NC(=O)Nc2ccccc2)sc2c1CCCCCC2. The van der Waals surface area contributed by atoms with Crippen molar-refractivity contribution < 1.29 is 4.79 Å². The van der Waals surface area contributed by atoms with Crippen molar-refractivity contribution >= 4 is 28.1 Å². The fraction of sp³-hybridized carbons (Fsp3) is 0.333. The maximum Gasteiger partial charge on any atom is 0.324 e. The minimum Gasteiger partial charge on any atom is -0.308 e. The predicted octanol–water partition coefficient (Wildman–Crippen LogP) is 4.92. The molecule has 0 atom stereocenters. The molecule has 0 saturated carbocycles. The number of fused-ring (bicyclic) bond motifs is 1. The maximum atomic E-state index is 12.2. The smallest absolute Gasteiger partial charge is 0.308 e. The van der Waals surface area contributed by atoms with E-state index in [2.05, 4.69) is 16.7 Å². The summed E-state index contributed by atoms with van der Waals surface area (Å²) in [7, 11) is 0. The van der Waals surface area contributed by atoms with E-state index in [9.17, 15) is 10.1 Å². The van der Waals surface area contributed by atoms with Crippen molar-refractivity contribution in [2.24, 2.45) is 0 Å². The van der Waals surface area contributed by atoms with Crippen molar-refractivity contribution in [3.05, 3.63) is 46.3 Å². The van der Waals surface area contributed by atoms with Gasteiger partial charge in [-0.2, -0.15) is 5.26 Å². The molecular formula is C18H19N3OS. The lowest BCUT2D eigenvalue weighted by Crippen LogP contribution is -2.19. The van der Waals surface area contributed by atoms with Gasteiger partial charge in [0.2, 0.25) is 0 Å². The highest BCUT2D eigenvalue weighted by Gasteiger charge is 2.20. The maximum absolute atomic E-state index is 12.2. The summed E-state index contributed by atoms with van der Waals surface area (Å²) in [5.41, 5.74) is 2.53. The number of carbonyl (C=O) groups is 1. The van der Waals surface area contributed by atoms with Gasteiger partial charge in [0.1, 0.15) is 11.1 Å². The number of hydrogen-bond donors (Lipinski definition) is 2. The number of thiophene rings is 1. The molecular weight excluding hydrogens is 306 g/mol. The Kier molecular flexibility index (Phi) is 4.94. The first-order valence-electron chi connectivity index (χ1n) is 7.95. The van der Waals surface area contributed by atoms with Gasteiger partial charge in [0.05, 0.1) is 5.56 Å². The van der Waals surface area contributed by atoms with Crippen LogP contribution in [0.3, 0.4) is 0 Å². The lowest BCUT2D eigenvalue weighted by molar-refractivity contribution is 0.262. The van der Waals surface area contributed by atoms with Crippen molar-refractivity contribution in [1.29, 1.82) is 5.26 Å². The van der Waals surface area contributed by atoms with Crippen LogP contribution in [0.2, 0.25) is 0 Å². The van der Waals surface area contributed by atoms with Crippen LogP contribution in [-0.4, -0.2) is 6.03 Å². The summed E-state index contributed by atoms with van der Waals surface area (Å²) in [6.07, 6.45) is 6.70. The number of benzene rings is 1. The standard InChI is InChI=1S/C18H19N3OS/c19-12-15-14-10-6-1-2-7-11-16(14)23-17(15)21-18(22)20-13-8-4-3-5-9-13/h3-5,8-9H,1-2,6-7,10-11H2,(H2,20,21,22). The first-order chi connectivity index (χ1) is 11.3. The predicted molar refractivity (Wildman–Crippen MR) is 94.0 cm³/mol. The van der Waals surface area contributed by atoms with E-state index in [-0.39, 0.29) is 6.03 Å². The molecule has 1 aliphatic carbocycles. The molecule has 2 N–H and O–H groups in total. The molecule has 3 rings (SSSR count). The van der Waals surface area contributed by atoms with E-state index in [1.807, 2.05) is 30.3 Å². The summed E-state index contributed by atoms with van der Waals surface area (Å²) in [5, 5.41) is 15.8. The van der Waals surface area contributed by atoms with Crippen LogP contribution in [0.25, 0.3) is 0 Å². The monoisotopic (exact) mass is 325 g/mol. The Balaban J connectivity index is 1.78. The molecule has 2 amide bonds. The molecule has 0 bridgehead atoms. The fourth-order valence-electron chi connectivity index (χ4n) is 2.91. The van der Waals surface area contributed by atoms with Crippen LogP contribution in [-0.2, 0) is 12.8 Å². The van der Waals surface area contributed by atoms with E-state index in [1.165, 1.54) is 17.7 Å². The van der Waals surface area contributed by atoms with Gasteiger partial charge < -0.3 is 5.32 Å². The van der Waals surface area contributed by atoms with Gasteiger partial charge in [-0.3, -0.25) is 5.32 Å². The zero-order valence-corrected chi connectivity index (χ0v) is 13.7. The number of aryl methyl sites for hydroxylation is 1. The number of hydrogen-bond acceptors (Lipinski definition) is 3. The first kappa shape index (κ1) is 15.6. The zero-order valence-electron chi connectivity index (χ0n) is 12.9. The van der Waals surface area contributed by atoms with Crippen LogP contribution in [0.5, 0.6) is 0 Å². The van der Waals surface area contributed by atoms with Gasteiger partial charge in [0, 0.05) is 10.6 Å². The van der Waals surface area contributed by atoms with Gasteiger partial charge in [-0.1, -0.05) is 31.0 Å². The molecule has 0 aliphatic heterocycles. The number of para-hydroxylation sites is 1. The number of carbonyl (C=O) groups excluding carboxylic acids is 1. The van der Waals surface area contributed by atoms with Crippen molar-refractivity contribution in [2.75, 3.05) is 10.6 Å². The van der Waals surface area contributed by atoms with Crippen LogP contribution >= 0.6 is 11.3 Å². The first-order valence-corrected chi connectivity index (χ1v) is 8.77. The molecule has 5 heteroatoms. The van der Waals surface area contributed by atoms with Crippen molar-refractivity contribution in [3.63, 3.8) is 0 Å². The number of amides is 2. The third-order valence-corrected chi connectivity index (χ3v) is 5.25. The third kappa shape index (κ3) is 3.72. The van der Waals surface area contributed by atoms with Gasteiger partial charge >= 0.3 is 6.03 Å². The second kappa shape index (κ2) is 7.30. The Hall–Kier alpha value is -2.32. The van der Waals surface area contributed by atoms with E-state index < -0.39 is 0 Å². The fourth-order valence-corrected chi connectivity index (χ4v) is 4.15. The van der Waals surface area contributed by atoms with Crippen molar-refractivity contribution in [3.8, 4) is 6.07 Å². The number of nitrogens with one attached hydrogen (secondary N) is 2. The minimum atomic E-state index is -0.304. The lowest BCUT2D eigenvalue weighted by Gasteiger charge is -2.08. The Labute approximate surface area is 140 Å². The molecule has 1 aromatic heterocycles. The molecule has 0 saturated heterocycles. The van der Waals surface area contributed by atoms with Crippen LogP contribution in [0.15, 0.2) is 30.3 Å². The number of nitrogens with zero attached hydrogens (tertiary/aromatic N) is 1. The van der Waals surface area contributed by atoms with E-state index >= 15 is 0 Å². The van der Waals surface area contributed by atoms with E-state index in [4.69, 9.17) is 0 Å². The molecule has 1 heterocycles. The normalized spacial score (nSPS) is 14.0. The minimum absolute atomic E-state index is 0.304. The second-order valence-electron chi connectivity index (χ2n) is 5.68. The van der Waals surface area contributed by atoms with Gasteiger partial charge in [-0.05, 0) is 43.4 Å². The summed E-state index contributed by atoms with van der Waals surface area (Å²) in [6.45, 7) is 0. The summed E-state index contributed by atoms with van der Waals surface area (Å²) in [6, 6.07) is 11.3. The number of anilines is 2. The van der Waals surface area contributed by atoms with Crippen molar-refractivity contribution in [2.45, 2.75) is 38.5 Å². The van der Waals surface area contributed by atoms with Gasteiger partial charge in [-0.15, -0.1) is 11.3 Å². The Morgan fingerprint density at radius 1 is 1.04 bits per heavy atom. The average Bonchev–Trinajstić information content (AvgIpc) is 2.84. The van der Waals surface area contributed by atoms with E-state index in [0.29, 0.717) is 10.6 Å².